The zero-order valence-electron chi connectivity index (χ0n) is 18.9. The number of carbonyl (C=O) groups excluding carboxylic acids is 2. The molecule has 3 aromatic carbocycles. The summed E-state index contributed by atoms with van der Waals surface area (Å²) in [5.74, 6) is -1.16. The number of carbonyl (C=O) groups is 2. The highest BCUT2D eigenvalue weighted by Gasteiger charge is 2.47. The van der Waals surface area contributed by atoms with Gasteiger partial charge in [0.2, 0.25) is 0 Å². The van der Waals surface area contributed by atoms with Crippen molar-refractivity contribution >= 4 is 46.3 Å². The number of benzene rings is 3. The Morgan fingerprint density at radius 3 is 2.18 bits per heavy atom. The lowest BCUT2D eigenvalue weighted by Crippen LogP contribution is -2.29. The third kappa shape index (κ3) is 4.54. The highest BCUT2D eigenvalue weighted by atomic mass is 35.5. The van der Waals surface area contributed by atoms with Crippen LogP contribution < -0.4 is 9.64 Å². The molecule has 1 fully saturated rings. The van der Waals surface area contributed by atoms with Gasteiger partial charge in [-0.15, -0.1) is 0 Å². The van der Waals surface area contributed by atoms with Crippen LogP contribution in [0.4, 0.5) is 5.69 Å². The molecule has 0 radical (unpaired) electrons. The van der Waals surface area contributed by atoms with Crippen LogP contribution in [0.5, 0.6) is 5.75 Å². The minimum Gasteiger partial charge on any atom is -0.507 e. The number of ketones is 1. The molecule has 1 amide bonds. The predicted molar refractivity (Wildman–Crippen MR) is 135 cm³/mol. The first kappa shape index (κ1) is 23.9. The summed E-state index contributed by atoms with van der Waals surface area (Å²) in [5, 5.41) is 11.9. The van der Waals surface area contributed by atoms with Gasteiger partial charge in [-0.3, -0.25) is 14.5 Å². The third-order valence-electron chi connectivity index (χ3n) is 5.52. The van der Waals surface area contributed by atoms with Crippen molar-refractivity contribution in [3.63, 3.8) is 0 Å². The Morgan fingerprint density at radius 1 is 0.941 bits per heavy atom. The second-order valence-corrected chi connectivity index (χ2v) is 9.18. The Balaban J connectivity index is 1.88. The second kappa shape index (κ2) is 9.53. The third-order valence-corrected chi connectivity index (χ3v) is 6.25. The lowest BCUT2D eigenvalue weighted by atomic mass is 9.95. The summed E-state index contributed by atoms with van der Waals surface area (Å²) in [5.41, 5.74) is 2.46. The quantitative estimate of drug-likeness (QED) is 0.242. The number of anilines is 1. The van der Waals surface area contributed by atoms with E-state index in [1.807, 2.05) is 32.9 Å². The van der Waals surface area contributed by atoms with Crippen LogP contribution in [-0.4, -0.2) is 22.9 Å². The van der Waals surface area contributed by atoms with E-state index >= 15 is 0 Å². The molecule has 1 saturated heterocycles. The zero-order chi connectivity index (χ0) is 24.6. The molecule has 1 unspecified atom stereocenters. The number of amides is 1. The van der Waals surface area contributed by atoms with E-state index in [4.69, 9.17) is 27.9 Å². The number of nitrogens with zero attached hydrogens (tertiary/aromatic N) is 1. The van der Waals surface area contributed by atoms with Crippen molar-refractivity contribution in [1.29, 1.82) is 0 Å². The molecule has 4 rings (SSSR count). The highest BCUT2D eigenvalue weighted by molar-refractivity contribution is 6.51. The van der Waals surface area contributed by atoms with Gasteiger partial charge in [0.15, 0.2) is 0 Å². The minimum absolute atomic E-state index is 0.00562. The van der Waals surface area contributed by atoms with E-state index in [0.717, 1.165) is 5.56 Å². The van der Waals surface area contributed by atoms with Crippen molar-refractivity contribution in [2.45, 2.75) is 32.9 Å². The van der Waals surface area contributed by atoms with Gasteiger partial charge >= 0.3 is 0 Å². The second-order valence-electron chi connectivity index (χ2n) is 8.37. The first-order valence-corrected chi connectivity index (χ1v) is 11.5. The fraction of sp³-hybridized carbons (Fsp3) is 0.185. The van der Waals surface area contributed by atoms with E-state index in [1.54, 1.807) is 54.6 Å². The fourth-order valence-corrected chi connectivity index (χ4v) is 4.23. The molecule has 34 heavy (non-hydrogen) atoms. The Kier molecular flexibility index (Phi) is 6.69. The Labute approximate surface area is 208 Å². The fourth-order valence-electron chi connectivity index (χ4n) is 3.92. The molecular formula is C27H23Cl2NO4. The van der Waals surface area contributed by atoms with Gasteiger partial charge in [0, 0.05) is 11.3 Å². The van der Waals surface area contributed by atoms with Gasteiger partial charge in [0.05, 0.1) is 27.8 Å². The first-order chi connectivity index (χ1) is 16.2. The summed E-state index contributed by atoms with van der Waals surface area (Å²) in [7, 11) is 0. The summed E-state index contributed by atoms with van der Waals surface area (Å²) in [6, 6.07) is 18.0. The minimum atomic E-state index is -0.885. The molecule has 7 heteroatoms. The number of Topliss-reactive ketones (excluding diaryl/α,β-unsaturated/α-hetero) is 1. The van der Waals surface area contributed by atoms with Gasteiger partial charge in [0.1, 0.15) is 11.5 Å². The molecule has 1 aliphatic heterocycles. The number of aryl methyl sites for hydroxylation is 1. The molecule has 3 aromatic rings. The molecule has 0 bridgehead atoms. The maximum absolute atomic E-state index is 13.2. The molecule has 0 saturated carbocycles. The first-order valence-electron chi connectivity index (χ1n) is 10.8. The van der Waals surface area contributed by atoms with Crippen LogP contribution in [0.1, 0.15) is 36.6 Å². The molecular weight excluding hydrogens is 473 g/mol. The summed E-state index contributed by atoms with van der Waals surface area (Å²) in [6.45, 7) is 5.76. The number of aliphatic hydroxyl groups is 1. The highest BCUT2D eigenvalue weighted by Crippen LogP contribution is 2.43. The number of ether oxygens (including phenoxy) is 1. The number of hydrogen-bond acceptors (Lipinski definition) is 4. The summed E-state index contributed by atoms with van der Waals surface area (Å²) >= 11 is 12.4. The molecule has 174 valence electrons. The van der Waals surface area contributed by atoms with E-state index in [9.17, 15) is 14.7 Å². The Hall–Kier alpha value is -3.28. The van der Waals surface area contributed by atoms with Gasteiger partial charge in [-0.25, -0.2) is 0 Å². The van der Waals surface area contributed by atoms with Crippen LogP contribution in [0.25, 0.3) is 5.76 Å². The number of hydrogen-bond donors (Lipinski definition) is 1. The van der Waals surface area contributed by atoms with Gasteiger partial charge in [-0.1, -0.05) is 47.0 Å². The SMILES string of the molecule is Cc1ccc(N2C(=O)C(=O)/C(=C(\O)c3ccc(OC(C)C)cc3)C2c2ccc(Cl)c(Cl)c2)cc1. The molecule has 0 aromatic heterocycles. The van der Waals surface area contributed by atoms with E-state index in [1.165, 1.54) is 4.90 Å². The van der Waals surface area contributed by atoms with Crippen molar-refractivity contribution in [2.75, 3.05) is 4.90 Å². The molecule has 1 N–H and O–H groups in total. The Morgan fingerprint density at radius 2 is 1.59 bits per heavy atom. The maximum Gasteiger partial charge on any atom is 0.300 e. The molecule has 1 heterocycles. The van der Waals surface area contributed by atoms with Crippen molar-refractivity contribution in [2.24, 2.45) is 0 Å². The largest absolute Gasteiger partial charge is 0.507 e. The van der Waals surface area contributed by atoms with Crippen molar-refractivity contribution in [3.05, 3.63) is 99.0 Å². The van der Waals surface area contributed by atoms with Gasteiger partial charge in [0.25, 0.3) is 11.7 Å². The average Bonchev–Trinajstić information content (AvgIpc) is 3.06. The average molecular weight is 496 g/mol. The van der Waals surface area contributed by atoms with Crippen LogP contribution >= 0.6 is 23.2 Å². The summed E-state index contributed by atoms with van der Waals surface area (Å²) < 4.78 is 5.66. The maximum atomic E-state index is 13.2. The number of aliphatic hydroxyl groups excluding tert-OH is 1. The molecule has 1 atom stereocenters. The van der Waals surface area contributed by atoms with Crippen LogP contribution in [0.3, 0.4) is 0 Å². The van der Waals surface area contributed by atoms with E-state index < -0.39 is 17.7 Å². The topological polar surface area (TPSA) is 66.8 Å². The van der Waals surface area contributed by atoms with E-state index in [-0.39, 0.29) is 22.5 Å². The smallest absolute Gasteiger partial charge is 0.300 e. The Bertz CT molecular complexity index is 1280. The standard InChI is InChI=1S/C27H23Cl2NO4/c1-15(2)34-20-11-6-17(7-12-20)25(31)23-24(18-8-13-21(28)22(29)14-18)30(27(33)26(23)32)19-9-4-16(3)5-10-19/h4-15,24,31H,1-3H3/b25-23-. The van der Waals surface area contributed by atoms with Crippen LogP contribution in [-0.2, 0) is 9.59 Å². The molecule has 5 nitrogen and oxygen atoms in total. The molecule has 0 aliphatic carbocycles. The predicted octanol–water partition coefficient (Wildman–Crippen LogP) is 6.72. The molecule has 0 spiro atoms. The normalized spacial score (nSPS) is 17.5. The van der Waals surface area contributed by atoms with E-state index in [0.29, 0.717) is 27.6 Å². The van der Waals surface area contributed by atoms with Crippen LogP contribution in [0, 0.1) is 6.92 Å². The monoisotopic (exact) mass is 495 g/mol. The van der Waals surface area contributed by atoms with Crippen molar-refractivity contribution < 1.29 is 19.4 Å². The van der Waals surface area contributed by atoms with Crippen LogP contribution in [0.2, 0.25) is 10.0 Å². The van der Waals surface area contributed by atoms with Gasteiger partial charge < -0.3 is 9.84 Å². The summed E-state index contributed by atoms with van der Waals surface area (Å²) in [6.07, 6.45) is -0.00562. The van der Waals surface area contributed by atoms with Crippen molar-refractivity contribution in [3.8, 4) is 5.75 Å². The number of halogens is 2. The summed E-state index contributed by atoms with van der Waals surface area (Å²) in [4.78, 5) is 27.8. The van der Waals surface area contributed by atoms with Gasteiger partial charge in [-0.05, 0) is 74.9 Å². The van der Waals surface area contributed by atoms with Gasteiger partial charge in [-0.2, -0.15) is 0 Å². The lowest BCUT2D eigenvalue weighted by molar-refractivity contribution is -0.132. The molecule has 1 aliphatic rings. The number of rotatable bonds is 5. The lowest BCUT2D eigenvalue weighted by Gasteiger charge is -2.26. The van der Waals surface area contributed by atoms with Crippen LogP contribution in [0.15, 0.2) is 72.3 Å². The van der Waals surface area contributed by atoms with Crippen molar-refractivity contribution in [1.82, 2.24) is 0 Å². The zero-order valence-corrected chi connectivity index (χ0v) is 20.4. The van der Waals surface area contributed by atoms with E-state index in [2.05, 4.69) is 0 Å².